The SMILES string of the molecule is CC(C)N1CCC(NC(CO)c2ccccc2)C1. The van der Waals surface area contributed by atoms with Crippen LogP contribution in [-0.4, -0.2) is 41.8 Å². The molecule has 0 amide bonds. The maximum absolute atomic E-state index is 9.54. The Balaban J connectivity index is 1.92. The minimum atomic E-state index is 0.0586. The molecule has 1 aliphatic heterocycles. The molecular formula is C15H24N2O. The highest BCUT2D eigenvalue weighted by atomic mass is 16.3. The molecule has 2 N–H and O–H groups in total. The molecule has 1 fully saturated rings. The number of nitrogens with one attached hydrogen (secondary N) is 1. The van der Waals surface area contributed by atoms with Crippen LogP contribution in [0.5, 0.6) is 0 Å². The molecule has 0 aromatic heterocycles. The fourth-order valence-corrected chi connectivity index (χ4v) is 2.62. The van der Waals surface area contributed by atoms with E-state index in [1.165, 1.54) is 12.0 Å². The second-order valence-electron chi connectivity index (χ2n) is 5.39. The Morgan fingerprint density at radius 1 is 1.33 bits per heavy atom. The molecular weight excluding hydrogens is 224 g/mol. The van der Waals surface area contributed by atoms with Gasteiger partial charge in [0, 0.05) is 18.6 Å². The highest BCUT2D eigenvalue weighted by Gasteiger charge is 2.26. The molecule has 1 aromatic rings. The fourth-order valence-electron chi connectivity index (χ4n) is 2.62. The number of aliphatic hydroxyl groups excluding tert-OH is 1. The normalized spacial score (nSPS) is 22.6. The number of likely N-dealkylation sites (tertiary alicyclic amines) is 1. The molecule has 1 aromatic carbocycles. The van der Waals surface area contributed by atoms with Crippen molar-refractivity contribution in [3.63, 3.8) is 0 Å². The van der Waals surface area contributed by atoms with E-state index in [0.29, 0.717) is 12.1 Å². The van der Waals surface area contributed by atoms with Crippen molar-refractivity contribution in [2.24, 2.45) is 0 Å². The molecule has 0 spiro atoms. The number of benzene rings is 1. The summed E-state index contributed by atoms with van der Waals surface area (Å²) in [5.41, 5.74) is 1.17. The third-order valence-corrected chi connectivity index (χ3v) is 3.77. The van der Waals surface area contributed by atoms with E-state index >= 15 is 0 Å². The zero-order valence-electron chi connectivity index (χ0n) is 11.3. The highest BCUT2D eigenvalue weighted by molar-refractivity contribution is 5.19. The monoisotopic (exact) mass is 248 g/mol. The molecule has 0 saturated carbocycles. The van der Waals surface area contributed by atoms with Gasteiger partial charge in [0.1, 0.15) is 0 Å². The average Bonchev–Trinajstić information content (AvgIpc) is 2.86. The highest BCUT2D eigenvalue weighted by Crippen LogP contribution is 2.18. The smallest absolute Gasteiger partial charge is 0.0626 e. The topological polar surface area (TPSA) is 35.5 Å². The van der Waals surface area contributed by atoms with Gasteiger partial charge in [0.2, 0.25) is 0 Å². The molecule has 2 rings (SSSR count). The van der Waals surface area contributed by atoms with Crippen LogP contribution in [0, 0.1) is 0 Å². The number of hydrogen-bond donors (Lipinski definition) is 2. The number of aliphatic hydroxyl groups is 1. The first-order valence-electron chi connectivity index (χ1n) is 6.86. The Kier molecular flexibility index (Phi) is 4.75. The second-order valence-corrected chi connectivity index (χ2v) is 5.39. The first-order valence-corrected chi connectivity index (χ1v) is 6.86. The van der Waals surface area contributed by atoms with E-state index in [9.17, 15) is 5.11 Å². The number of rotatable bonds is 5. The van der Waals surface area contributed by atoms with Crippen molar-refractivity contribution in [2.45, 2.75) is 38.4 Å². The van der Waals surface area contributed by atoms with E-state index in [2.05, 4.69) is 36.2 Å². The molecule has 2 unspecified atom stereocenters. The molecule has 0 bridgehead atoms. The summed E-state index contributed by atoms with van der Waals surface area (Å²) in [4.78, 5) is 2.48. The maximum Gasteiger partial charge on any atom is 0.0626 e. The zero-order valence-corrected chi connectivity index (χ0v) is 11.3. The maximum atomic E-state index is 9.54. The van der Waals surface area contributed by atoms with E-state index in [1.54, 1.807) is 0 Å². The first kappa shape index (κ1) is 13.5. The number of nitrogens with zero attached hydrogens (tertiary/aromatic N) is 1. The van der Waals surface area contributed by atoms with Crippen LogP contribution < -0.4 is 5.32 Å². The second kappa shape index (κ2) is 6.32. The van der Waals surface area contributed by atoms with Gasteiger partial charge in [0.15, 0.2) is 0 Å². The summed E-state index contributed by atoms with van der Waals surface area (Å²) in [5.74, 6) is 0. The van der Waals surface area contributed by atoms with Gasteiger partial charge in [-0.05, 0) is 32.4 Å². The van der Waals surface area contributed by atoms with Crippen molar-refractivity contribution in [3.05, 3.63) is 35.9 Å². The van der Waals surface area contributed by atoms with Gasteiger partial charge in [-0.1, -0.05) is 30.3 Å². The molecule has 3 nitrogen and oxygen atoms in total. The third kappa shape index (κ3) is 3.31. The molecule has 1 aliphatic rings. The molecule has 0 radical (unpaired) electrons. The van der Waals surface area contributed by atoms with Crippen molar-refractivity contribution in [1.29, 1.82) is 0 Å². The van der Waals surface area contributed by atoms with E-state index in [0.717, 1.165) is 13.1 Å². The molecule has 0 aliphatic carbocycles. The first-order chi connectivity index (χ1) is 8.70. The van der Waals surface area contributed by atoms with Gasteiger partial charge < -0.3 is 10.4 Å². The third-order valence-electron chi connectivity index (χ3n) is 3.77. The van der Waals surface area contributed by atoms with Crippen LogP contribution >= 0.6 is 0 Å². The largest absolute Gasteiger partial charge is 0.394 e. The standard InChI is InChI=1S/C15H24N2O/c1-12(2)17-9-8-14(10-17)16-15(11-18)13-6-4-3-5-7-13/h3-7,12,14-16,18H,8-11H2,1-2H3. The van der Waals surface area contributed by atoms with Gasteiger partial charge in [-0.3, -0.25) is 4.90 Å². The van der Waals surface area contributed by atoms with Crippen LogP contribution in [0.25, 0.3) is 0 Å². The van der Waals surface area contributed by atoms with E-state index in [-0.39, 0.29) is 12.6 Å². The Hall–Kier alpha value is -0.900. The molecule has 1 saturated heterocycles. The van der Waals surface area contributed by atoms with Crippen molar-refractivity contribution < 1.29 is 5.11 Å². The van der Waals surface area contributed by atoms with Crippen molar-refractivity contribution in [2.75, 3.05) is 19.7 Å². The van der Waals surface area contributed by atoms with Crippen LogP contribution in [0.4, 0.5) is 0 Å². The van der Waals surface area contributed by atoms with Crippen molar-refractivity contribution in [1.82, 2.24) is 10.2 Å². The quantitative estimate of drug-likeness (QED) is 0.834. The lowest BCUT2D eigenvalue weighted by molar-refractivity contribution is 0.225. The van der Waals surface area contributed by atoms with Gasteiger partial charge in [-0.25, -0.2) is 0 Å². The lowest BCUT2D eigenvalue weighted by Crippen LogP contribution is -2.38. The van der Waals surface area contributed by atoms with Gasteiger partial charge in [0.25, 0.3) is 0 Å². The lowest BCUT2D eigenvalue weighted by Gasteiger charge is -2.23. The van der Waals surface area contributed by atoms with E-state index < -0.39 is 0 Å². The number of hydrogen-bond acceptors (Lipinski definition) is 3. The molecule has 3 heteroatoms. The van der Waals surface area contributed by atoms with Crippen LogP contribution in [-0.2, 0) is 0 Å². The lowest BCUT2D eigenvalue weighted by atomic mass is 10.1. The fraction of sp³-hybridized carbons (Fsp3) is 0.600. The van der Waals surface area contributed by atoms with Gasteiger partial charge in [0.05, 0.1) is 12.6 Å². The van der Waals surface area contributed by atoms with Gasteiger partial charge in [-0.2, -0.15) is 0 Å². The molecule has 2 atom stereocenters. The molecule has 18 heavy (non-hydrogen) atoms. The average molecular weight is 248 g/mol. The van der Waals surface area contributed by atoms with Crippen molar-refractivity contribution in [3.8, 4) is 0 Å². The summed E-state index contributed by atoms with van der Waals surface area (Å²) in [6.45, 7) is 6.87. The molecule has 1 heterocycles. The van der Waals surface area contributed by atoms with Crippen LogP contribution in [0.3, 0.4) is 0 Å². The Morgan fingerprint density at radius 3 is 2.61 bits per heavy atom. The summed E-state index contributed by atoms with van der Waals surface area (Å²) in [6, 6.07) is 11.4. The zero-order chi connectivity index (χ0) is 13.0. The summed E-state index contributed by atoms with van der Waals surface area (Å²) in [6.07, 6.45) is 1.17. The Labute approximate surface area is 110 Å². The summed E-state index contributed by atoms with van der Waals surface area (Å²) in [7, 11) is 0. The minimum absolute atomic E-state index is 0.0586. The van der Waals surface area contributed by atoms with Gasteiger partial charge in [-0.15, -0.1) is 0 Å². The van der Waals surface area contributed by atoms with E-state index in [1.807, 2.05) is 18.2 Å². The summed E-state index contributed by atoms with van der Waals surface area (Å²) < 4.78 is 0. The Morgan fingerprint density at radius 2 is 2.06 bits per heavy atom. The Bertz CT molecular complexity index is 353. The van der Waals surface area contributed by atoms with Crippen LogP contribution in [0.15, 0.2) is 30.3 Å². The van der Waals surface area contributed by atoms with Crippen molar-refractivity contribution >= 4 is 0 Å². The predicted octanol–water partition coefficient (Wildman–Crippen LogP) is 1.79. The summed E-state index contributed by atoms with van der Waals surface area (Å²) >= 11 is 0. The summed E-state index contributed by atoms with van der Waals surface area (Å²) in [5, 5.41) is 13.1. The molecule has 100 valence electrons. The predicted molar refractivity (Wildman–Crippen MR) is 74.5 cm³/mol. The van der Waals surface area contributed by atoms with Crippen LogP contribution in [0.1, 0.15) is 31.9 Å². The minimum Gasteiger partial charge on any atom is -0.394 e. The van der Waals surface area contributed by atoms with Gasteiger partial charge >= 0.3 is 0 Å². The van der Waals surface area contributed by atoms with Crippen LogP contribution in [0.2, 0.25) is 0 Å². The van der Waals surface area contributed by atoms with E-state index in [4.69, 9.17) is 0 Å².